The minimum absolute atomic E-state index is 0.0628. The second-order valence-corrected chi connectivity index (χ2v) is 5.63. The first-order chi connectivity index (χ1) is 8.84. The lowest BCUT2D eigenvalue weighted by Crippen LogP contribution is -2.37. The molecule has 1 amide bonds. The number of hydrogen-bond donors (Lipinski definition) is 2. The van der Waals surface area contributed by atoms with E-state index in [0.29, 0.717) is 18.6 Å². The van der Waals surface area contributed by atoms with Crippen molar-refractivity contribution in [3.05, 3.63) is 0 Å². The molecule has 1 atom stereocenters. The first-order valence-corrected chi connectivity index (χ1v) is 7.42. The predicted molar refractivity (Wildman–Crippen MR) is 71.4 cm³/mol. The van der Waals surface area contributed by atoms with Crippen molar-refractivity contribution < 1.29 is 9.53 Å². The Kier molecular flexibility index (Phi) is 5.94. The van der Waals surface area contributed by atoms with E-state index >= 15 is 0 Å². The first kappa shape index (κ1) is 13.8. The van der Waals surface area contributed by atoms with Crippen LogP contribution in [0.25, 0.3) is 0 Å². The van der Waals surface area contributed by atoms with Crippen LogP contribution in [-0.2, 0) is 9.53 Å². The summed E-state index contributed by atoms with van der Waals surface area (Å²) in [7, 11) is 0. The summed E-state index contributed by atoms with van der Waals surface area (Å²) in [5, 5.41) is 6.41. The molecule has 1 saturated heterocycles. The molecule has 2 aliphatic rings. The number of rotatable bonds is 5. The number of nitrogens with one attached hydrogen (secondary N) is 2. The molecule has 1 heterocycles. The summed E-state index contributed by atoms with van der Waals surface area (Å²) in [5.74, 6) is 0.656. The lowest BCUT2D eigenvalue weighted by molar-refractivity contribution is -0.126. The van der Waals surface area contributed by atoms with Crippen LogP contribution in [0.5, 0.6) is 0 Å². The summed E-state index contributed by atoms with van der Waals surface area (Å²) >= 11 is 0. The van der Waals surface area contributed by atoms with E-state index in [1.165, 1.54) is 32.1 Å². The quantitative estimate of drug-likeness (QED) is 0.730. The Balaban J connectivity index is 1.56. The number of hydrogen-bond acceptors (Lipinski definition) is 3. The zero-order valence-electron chi connectivity index (χ0n) is 11.2. The van der Waals surface area contributed by atoms with Crippen molar-refractivity contribution in [3.63, 3.8) is 0 Å². The predicted octanol–water partition coefficient (Wildman–Crippen LogP) is 1.45. The molecule has 0 bridgehead atoms. The van der Waals surface area contributed by atoms with Crippen molar-refractivity contribution in [3.8, 4) is 0 Å². The Hall–Kier alpha value is -0.610. The highest BCUT2D eigenvalue weighted by atomic mass is 16.5. The van der Waals surface area contributed by atoms with Crippen LogP contribution < -0.4 is 10.6 Å². The van der Waals surface area contributed by atoms with Gasteiger partial charge >= 0.3 is 0 Å². The van der Waals surface area contributed by atoms with E-state index in [0.717, 1.165) is 25.9 Å². The maximum Gasteiger partial charge on any atom is 0.246 e. The summed E-state index contributed by atoms with van der Waals surface area (Å²) in [6.45, 7) is 3.06. The maximum atomic E-state index is 11.7. The lowest BCUT2D eigenvalue weighted by Gasteiger charge is -2.16. The van der Waals surface area contributed by atoms with Gasteiger partial charge in [0, 0.05) is 12.6 Å². The molecule has 18 heavy (non-hydrogen) atoms. The third-order valence-corrected chi connectivity index (χ3v) is 3.97. The zero-order chi connectivity index (χ0) is 12.6. The van der Waals surface area contributed by atoms with E-state index < -0.39 is 0 Å². The van der Waals surface area contributed by atoms with E-state index in [4.69, 9.17) is 4.74 Å². The molecule has 104 valence electrons. The fourth-order valence-electron chi connectivity index (χ4n) is 2.87. The smallest absolute Gasteiger partial charge is 0.246 e. The minimum atomic E-state index is 0.0628. The van der Waals surface area contributed by atoms with Gasteiger partial charge in [0.1, 0.15) is 6.61 Å². The first-order valence-electron chi connectivity index (χ1n) is 7.42. The van der Waals surface area contributed by atoms with Crippen LogP contribution in [0.3, 0.4) is 0 Å². The number of carbonyl (C=O) groups is 1. The van der Waals surface area contributed by atoms with Crippen molar-refractivity contribution in [1.82, 2.24) is 10.6 Å². The Morgan fingerprint density at radius 1 is 1.17 bits per heavy atom. The van der Waals surface area contributed by atoms with Crippen LogP contribution in [0.4, 0.5) is 0 Å². The third-order valence-electron chi connectivity index (χ3n) is 3.97. The van der Waals surface area contributed by atoms with Gasteiger partial charge in [0.05, 0.1) is 6.61 Å². The van der Waals surface area contributed by atoms with Gasteiger partial charge in [0.25, 0.3) is 0 Å². The summed E-state index contributed by atoms with van der Waals surface area (Å²) in [6, 6.07) is 0.386. The minimum Gasteiger partial charge on any atom is -0.371 e. The van der Waals surface area contributed by atoms with E-state index in [2.05, 4.69) is 10.6 Å². The van der Waals surface area contributed by atoms with Gasteiger partial charge in [0.2, 0.25) is 5.91 Å². The number of amides is 1. The molecule has 1 aliphatic heterocycles. The molecule has 4 heteroatoms. The van der Waals surface area contributed by atoms with E-state index in [1.54, 1.807) is 0 Å². The average molecular weight is 254 g/mol. The number of carbonyl (C=O) groups excluding carboxylic acids is 1. The molecule has 0 radical (unpaired) electrons. The highest BCUT2D eigenvalue weighted by Crippen LogP contribution is 2.17. The molecule has 1 saturated carbocycles. The molecule has 1 aliphatic carbocycles. The van der Waals surface area contributed by atoms with Crippen molar-refractivity contribution in [2.75, 3.05) is 26.3 Å². The highest BCUT2D eigenvalue weighted by molar-refractivity contribution is 5.77. The van der Waals surface area contributed by atoms with E-state index in [1.807, 2.05) is 0 Å². The van der Waals surface area contributed by atoms with Gasteiger partial charge in [-0.1, -0.05) is 25.7 Å². The molecule has 0 aromatic carbocycles. The fraction of sp³-hybridized carbons (Fsp3) is 0.929. The topological polar surface area (TPSA) is 50.4 Å². The highest BCUT2D eigenvalue weighted by Gasteiger charge is 2.17. The second-order valence-electron chi connectivity index (χ2n) is 5.63. The van der Waals surface area contributed by atoms with Crippen molar-refractivity contribution in [2.24, 2.45) is 5.92 Å². The second kappa shape index (κ2) is 7.74. The molecular weight excluding hydrogens is 228 g/mol. The normalized spacial score (nSPS) is 25.9. The van der Waals surface area contributed by atoms with Crippen molar-refractivity contribution >= 4 is 5.91 Å². The maximum absolute atomic E-state index is 11.7. The summed E-state index contributed by atoms with van der Waals surface area (Å²) in [6.07, 6.45) is 8.58. The molecule has 1 unspecified atom stereocenters. The number of ether oxygens (including phenoxy) is 1. The van der Waals surface area contributed by atoms with Gasteiger partial charge < -0.3 is 15.4 Å². The largest absolute Gasteiger partial charge is 0.371 e. The van der Waals surface area contributed by atoms with E-state index in [-0.39, 0.29) is 12.5 Å². The zero-order valence-corrected chi connectivity index (χ0v) is 11.2. The van der Waals surface area contributed by atoms with Gasteiger partial charge in [-0.15, -0.1) is 0 Å². The van der Waals surface area contributed by atoms with Gasteiger partial charge in [-0.3, -0.25) is 4.79 Å². The van der Waals surface area contributed by atoms with Crippen LogP contribution in [0.15, 0.2) is 0 Å². The molecule has 2 rings (SSSR count). The van der Waals surface area contributed by atoms with Gasteiger partial charge in [-0.25, -0.2) is 0 Å². The Labute approximate surface area is 110 Å². The van der Waals surface area contributed by atoms with Crippen LogP contribution in [-0.4, -0.2) is 38.3 Å². The van der Waals surface area contributed by atoms with E-state index in [9.17, 15) is 4.79 Å². The molecular formula is C14H26N2O2. The Bertz CT molecular complexity index is 244. The average Bonchev–Trinajstić information content (AvgIpc) is 2.74. The SMILES string of the molecule is O=C(COCC1CCNC1)NC1CCCCCC1. The van der Waals surface area contributed by atoms with Gasteiger partial charge in [0.15, 0.2) is 0 Å². The van der Waals surface area contributed by atoms with Crippen LogP contribution >= 0.6 is 0 Å². The monoisotopic (exact) mass is 254 g/mol. The lowest BCUT2D eigenvalue weighted by atomic mass is 10.1. The molecule has 2 fully saturated rings. The van der Waals surface area contributed by atoms with Gasteiger partial charge in [-0.05, 0) is 31.7 Å². The molecule has 0 spiro atoms. The van der Waals surface area contributed by atoms with Crippen LogP contribution in [0, 0.1) is 5.92 Å². The van der Waals surface area contributed by atoms with Crippen molar-refractivity contribution in [2.45, 2.75) is 51.0 Å². The Morgan fingerprint density at radius 3 is 2.61 bits per heavy atom. The fourth-order valence-corrected chi connectivity index (χ4v) is 2.87. The molecule has 0 aromatic rings. The van der Waals surface area contributed by atoms with Crippen LogP contribution in [0.2, 0.25) is 0 Å². The van der Waals surface area contributed by atoms with Gasteiger partial charge in [-0.2, -0.15) is 0 Å². The van der Waals surface area contributed by atoms with Crippen LogP contribution in [0.1, 0.15) is 44.9 Å². The summed E-state index contributed by atoms with van der Waals surface area (Å²) in [5.41, 5.74) is 0. The molecule has 0 aromatic heterocycles. The molecule has 2 N–H and O–H groups in total. The third kappa shape index (κ3) is 4.94. The summed E-state index contributed by atoms with van der Waals surface area (Å²) < 4.78 is 5.50. The molecule has 4 nitrogen and oxygen atoms in total. The van der Waals surface area contributed by atoms with Crippen molar-refractivity contribution in [1.29, 1.82) is 0 Å². The standard InChI is InChI=1S/C14H26N2O2/c17-14(11-18-10-12-7-8-15-9-12)16-13-5-3-1-2-4-6-13/h12-13,15H,1-11H2,(H,16,17). The summed E-state index contributed by atoms with van der Waals surface area (Å²) in [4.78, 5) is 11.7. The Morgan fingerprint density at radius 2 is 1.94 bits per heavy atom.